The van der Waals surface area contributed by atoms with Gasteiger partial charge in [-0.1, -0.05) is 6.92 Å². The number of amides is 2. The zero-order chi connectivity index (χ0) is 11.3. The summed E-state index contributed by atoms with van der Waals surface area (Å²) in [6.45, 7) is 3.01. The highest BCUT2D eigenvalue weighted by atomic mass is 16.6. The van der Waals surface area contributed by atoms with Crippen molar-refractivity contribution in [2.75, 3.05) is 7.05 Å². The Morgan fingerprint density at radius 1 is 1.43 bits per heavy atom. The fourth-order valence-electron chi connectivity index (χ4n) is 0.591. The van der Waals surface area contributed by atoms with Crippen LogP contribution >= 0.6 is 0 Å². The lowest BCUT2D eigenvalue weighted by Gasteiger charge is -2.20. The number of esters is 1. The predicted molar refractivity (Wildman–Crippen MR) is 48.2 cm³/mol. The van der Waals surface area contributed by atoms with E-state index in [1.54, 1.807) is 6.92 Å². The maximum atomic E-state index is 11.1. The molecule has 2 N–H and O–H groups in total. The van der Waals surface area contributed by atoms with Crippen molar-refractivity contribution in [1.29, 1.82) is 0 Å². The molecule has 0 aromatic carbocycles. The molecule has 0 bridgehead atoms. The van der Waals surface area contributed by atoms with Gasteiger partial charge in [0.05, 0.1) is 0 Å². The Labute approximate surface area is 82.0 Å². The summed E-state index contributed by atoms with van der Waals surface area (Å²) in [5, 5.41) is 0. The van der Waals surface area contributed by atoms with Crippen LogP contribution in [0.2, 0.25) is 0 Å². The van der Waals surface area contributed by atoms with Crippen molar-refractivity contribution < 1.29 is 19.1 Å². The highest BCUT2D eigenvalue weighted by Gasteiger charge is 2.22. The Kier molecular flexibility index (Phi) is 4.62. The van der Waals surface area contributed by atoms with Crippen molar-refractivity contribution in [2.24, 2.45) is 5.73 Å². The monoisotopic (exact) mass is 202 g/mol. The third kappa shape index (κ3) is 3.42. The molecule has 0 spiro atoms. The number of carbonyl (C=O) groups excluding carboxylic acids is 3. The maximum absolute atomic E-state index is 11.1. The summed E-state index contributed by atoms with van der Waals surface area (Å²) >= 11 is 0. The average Bonchev–Trinajstić information content (AvgIpc) is 2.14. The fourth-order valence-corrected chi connectivity index (χ4v) is 0.591. The Hall–Kier alpha value is -1.59. The second-order valence-electron chi connectivity index (χ2n) is 2.78. The third-order valence-corrected chi connectivity index (χ3v) is 1.77. The first-order valence-corrected chi connectivity index (χ1v) is 4.17. The summed E-state index contributed by atoms with van der Waals surface area (Å²) in [5.74, 6) is -1.30. The van der Waals surface area contributed by atoms with Gasteiger partial charge in [0.1, 0.15) is 6.04 Å². The quantitative estimate of drug-likeness (QED) is 0.509. The van der Waals surface area contributed by atoms with E-state index in [1.165, 1.54) is 14.0 Å². The van der Waals surface area contributed by atoms with Gasteiger partial charge >= 0.3 is 12.1 Å². The number of primary amides is 1. The topological polar surface area (TPSA) is 89.7 Å². The summed E-state index contributed by atoms with van der Waals surface area (Å²) in [7, 11) is 1.33. The highest BCUT2D eigenvalue weighted by Crippen LogP contribution is 1.99. The lowest BCUT2D eigenvalue weighted by Crippen LogP contribution is -2.44. The lowest BCUT2D eigenvalue weighted by atomic mass is 10.3. The lowest BCUT2D eigenvalue weighted by molar-refractivity contribution is -0.138. The van der Waals surface area contributed by atoms with Crippen molar-refractivity contribution >= 4 is 18.0 Å². The number of hydrogen-bond donors (Lipinski definition) is 1. The smallest absolute Gasteiger partial charge is 0.376 e. The van der Waals surface area contributed by atoms with E-state index >= 15 is 0 Å². The molecule has 0 heterocycles. The first-order valence-electron chi connectivity index (χ1n) is 4.17. The fraction of sp³-hybridized carbons (Fsp3) is 0.625. The molecule has 14 heavy (non-hydrogen) atoms. The van der Waals surface area contributed by atoms with Crippen molar-refractivity contribution in [3.05, 3.63) is 0 Å². The minimum absolute atomic E-state index is 0.102. The number of likely N-dealkylation sites (N-methyl/N-ethyl adjacent to an activating group) is 1. The van der Waals surface area contributed by atoms with E-state index in [-0.39, 0.29) is 6.42 Å². The zero-order valence-electron chi connectivity index (χ0n) is 8.44. The van der Waals surface area contributed by atoms with E-state index in [2.05, 4.69) is 4.74 Å². The predicted octanol–water partition coefficient (Wildman–Crippen LogP) is -0.135. The summed E-state index contributed by atoms with van der Waals surface area (Å²) in [6, 6.07) is -0.799. The molecule has 6 heteroatoms. The van der Waals surface area contributed by atoms with Crippen LogP contribution in [0.15, 0.2) is 0 Å². The van der Waals surface area contributed by atoms with Crippen LogP contribution in [0.5, 0.6) is 0 Å². The first kappa shape index (κ1) is 12.4. The standard InChI is InChI=1S/C8H14N2O4/c1-4-6(11)14-8(13)10(3)5(2)7(9)12/h5H,4H2,1-3H3,(H2,9,12)/t5-/m1/s1. The number of carbonyl (C=O) groups is 3. The van der Waals surface area contributed by atoms with Gasteiger partial charge in [0.2, 0.25) is 5.91 Å². The molecule has 0 aliphatic rings. The summed E-state index contributed by atoms with van der Waals surface area (Å²) < 4.78 is 4.37. The molecule has 0 rings (SSSR count). The number of rotatable bonds is 3. The SMILES string of the molecule is CCC(=O)OC(=O)N(C)[C@H](C)C(N)=O. The molecule has 80 valence electrons. The van der Waals surface area contributed by atoms with E-state index in [4.69, 9.17) is 5.73 Å². The maximum Gasteiger partial charge on any atom is 0.417 e. The molecule has 6 nitrogen and oxygen atoms in total. The van der Waals surface area contributed by atoms with Crippen LogP contribution < -0.4 is 5.73 Å². The van der Waals surface area contributed by atoms with Crippen molar-refractivity contribution in [1.82, 2.24) is 4.90 Å². The largest absolute Gasteiger partial charge is 0.417 e. The number of hydrogen-bond acceptors (Lipinski definition) is 4. The Morgan fingerprint density at radius 2 is 1.93 bits per heavy atom. The molecular weight excluding hydrogens is 188 g/mol. The van der Waals surface area contributed by atoms with Crippen molar-refractivity contribution in [2.45, 2.75) is 26.3 Å². The molecule has 0 aromatic rings. The second kappa shape index (κ2) is 5.21. The van der Waals surface area contributed by atoms with E-state index < -0.39 is 24.0 Å². The Bertz CT molecular complexity index is 252. The molecule has 0 aliphatic carbocycles. The normalized spacial score (nSPS) is 11.6. The molecule has 0 unspecified atom stereocenters. The van der Waals surface area contributed by atoms with Gasteiger partial charge in [0, 0.05) is 13.5 Å². The Morgan fingerprint density at radius 3 is 2.29 bits per heavy atom. The van der Waals surface area contributed by atoms with Gasteiger partial charge in [-0.2, -0.15) is 0 Å². The molecular formula is C8H14N2O4. The van der Waals surface area contributed by atoms with Gasteiger partial charge in [-0.25, -0.2) is 4.79 Å². The summed E-state index contributed by atoms with van der Waals surface area (Å²) in [5.41, 5.74) is 4.96. The summed E-state index contributed by atoms with van der Waals surface area (Å²) in [6.07, 6.45) is -0.770. The van der Waals surface area contributed by atoms with Crippen molar-refractivity contribution in [3.63, 3.8) is 0 Å². The number of nitrogens with two attached hydrogens (primary N) is 1. The minimum atomic E-state index is -0.872. The molecule has 0 aromatic heterocycles. The van der Waals surface area contributed by atoms with Crippen LogP contribution in [0.25, 0.3) is 0 Å². The van der Waals surface area contributed by atoms with Gasteiger partial charge < -0.3 is 10.5 Å². The zero-order valence-corrected chi connectivity index (χ0v) is 8.44. The highest BCUT2D eigenvalue weighted by molar-refractivity contribution is 5.88. The van der Waals surface area contributed by atoms with Crippen LogP contribution in [-0.4, -0.2) is 36.0 Å². The van der Waals surface area contributed by atoms with Crippen LogP contribution in [0.1, 0.15) is 20.3 Å². The van der Waals surface area contributed by atoms with Crippen LogP contribution in [0, 0.1) is 0 Å². The average molecular weight is 202 g/mol. The summed E-state index contributed by atoms with van der Waals surface area (Å²) in [4.78, 5) is 33.5. The van der Waals surface area contributed by atoms with Gasteiger partial charge in [-0.05, 0) is 6.92 Å². The van der Waals surface area contributed by atoms with Crippen LogP contribution in [0.3, 0.4) is 0 Å². The molecule has 0 fully saturated rings. The molecule has 1 atom stereocenters. The molecule has 2 amide bonds. The second-order valence-corrected chi connectivity index (χ2v) is 2.78. The van der Waals surface area contributed by atoms with Gasteiger partial charge in [0.25, 0.3) is 0 Å². The first-order chi connectivity index (χ1) is 6.40. The van der Waals surface area contributed by atoms with Gasteiger partial charge in [-0.15, -0.1) is 0 Å². The Balaban J connectivity index is 4.25. The minimum Gasteiger partial charge on any atom is -0.376 e. The number of nitrogens with zero attached hydrogens (tertiary/aromatic N) is 1. The molecule has 0 radical (unpaired) electrons. The third-order valence-electron chi connectivity index (χ3n) is 1.77. The van der Waals surface area contributed by atoms with E-state index in [9.17, 15) is 14.4 Å². The molecule has 0 saturated heterocycles. The van der Waals surface area contributed by atoms with Crippen molar-refractivity contribution in [3.8, 4) is 0 Å². The van der Waals surface area contributed by atoms with Gasteiger partial charge in [-0.3, -0.25) is 14.5 Å². The van der Waals surface area contributed by atoms with Crippen LogP contribution in [0.4, 0.5) is 4.79 Å². The van der Waals surface area contributed by atoms with E-state index in [0.717, 1.165) is 4.90 Å². The molecule has 0 saturated carbocycles. The van der Waals surface area contributed by atoms with E-state index in [1.807, 2.05) is 0 Å². The van der Waals surface area contributed by atoms with Gasteiger partial charge in [0.15, 0.2) is 0 Å². The van der Waals surface area contributed by atoms with E-state index in [0.29, 0.717) is 0 Å². The van der Waals surface area contributed by atoms with Crippen LogP contribution in [-0.2, 0) is 14.3 Å². The molecule has 0 aliphatic heterocycles. The number of ether oxygens (including phenoxy) is 1.